The number of aromatic amines is 2. The molecule has 5 N–H and O–H groups in total. The molecule has 0 bridgehead atoms. The Balaban J connectivity index is 1.43. The van der Waals surface area contributed by atoms with Gasteiger partial charge in [-0.25, -0.2) is 9.59 Å². The molecule has 8 atom stereocenters. The maximum Gasteiger partial charge on any atom is 0.330 e. The highest BCUT2D eigenvalue weighted by molar-refractivity contribution is 8.01. The van der Waals surface area contributed by atoms with Gasteiger partial charge in [-0.3, -0.25) is 33.5 Å². The first kappa shape index (κ1) is 25.6. The van der Waals surface area contributed by atoms with Gasteiger partial charge in [0.15, 0.2) is 12.5 Å². The highest BCUT2D eigenvalue weighted by Gasteiger charge is 2.55. The van der Waals surface area contributed by atoms with Crippen LogP contribution in [-0.2, 0) is 14.3 Å². The molecule has 0 aliphatic carbocycles. The van der Waals surface area contributed by atoms with Gasteiger partial charge >= 0.3 is 11.4 Å². The summed E-state index contributed by atoms with van der Waals surface area (Å²) in [4.78, 5) is 66.2. The first-order valence-electron chi connectivity index (χ1n) is 11.4. The molecule has 0 saturated carbocycles. The van der Waals surface area contributed by atoms with Gasteiger partial charge < -0.3 is 29.7 Å². The van der Waals surface area contributed by atoms with Gasteiger partial charge in [-0.1, -0.05) is 0 Å². The van der Waals surface area contributed by atoms with Crippen LogP contribution in [0.4, 0.5) is 0 Å². The summed E-state index contributed by atoms with van der Waals surface area (Å²) >= 11 is 1.23. The van der Waals surface area contributed by atoms with E-state index in [0.29, 0.717) is 5.56 Å². The number of carbonyl (C=O) groups excluding carboxylic acids is 1. The smallest absolute Gasteiger partial charge is 0.330 e. The van der Waals surface area contributed by atoms with Crippen molar-refractivity contribution in [3.8, 4) is 0 Å². The molecule has 16 heteroatoms. The second-order valence-corrected chi connectivity index (χ2v) is 10.2. The predicted molar refractivity (Wildman–Crippen MR) is 126 cm³/mol. The van der Waals surface area contributed by atoms with E-state index >= 15 is 0 Å². The Bertz CT molecular complexity index is 1430. The lowest BCUT2D eigenvalue weighted by Crippen LogP contribution is -2.51. The standard InChI is InChI=1S/C21H25N5O10S/c1-8-5-25(21(34)23-16(8)32)13-4-9(10(6-27)35-13)19-26(12(29)7-37-19)18-15(31)14(30)17(36-18)24-3-2-11(28)22-20(24)33/h2-3,5,9-10,13-15,17-19,27,30-31H,4,6-7H2,1H3,(H,22,28,33)(H,23,32,34)/t9-,10+,13+,14+,15-,17+,18-,19+/m0/s1. The molecule has 5 rings (SSSR count). The topological polar surface area (TPSA) is 209 Å². The second-order valence-electron chi connectivity index (χ2n) is 9.11. The van der Waals surface area contributed by atoms with Gasteiger partial charge in [0.05, 0.1) is 23.8 Å². The van der Waals surface area contributed by atoms with Crippen molar-refractivity contribution in [1.82, 2.24) is 24.0 Å². The average Bonchev–Trinajstić information content (AvgIpc) is 3.52. The lowest BCUT2D eigenvalue weighted by Gasteiger charge is -2.35. The highest BCUT2D eigenvalue weighted by Crippen LogP contribution is 2.45. The first-order chi connectivity index (χ1) is 17.6. The van der Waals surface area contributed by atoms with Gasteiger partial charge in [-0.05, 0) is 6.92 Å². The van der Waals surface area contributed by atoms with Crippen molar-refractivity contribution in [2.75, 3.05) is 12.4 Å². The number of nitrogens with zero attached hydrogens (tertiary/aromatic N) is 3. The summed E-state index contributed by atoms with van der Waals surface area (Å²) in [6, 6.07) is 1.05. The summed E-state index contributed by atoms with van der Waals surface area (Å²) in [7, 11) is 0. The minimum absolute atomic E-state index is 0.0215. The number of H-pyrrole nitrogens is 2. The van der Waals surface area contributed by atoms with Crippen LogP contribution in [0.5, 0.6) is 0 Å². The number of aliphatic hydroxyl groups excluding tert-OH is 3. The Hall–Kier alpha value is -3.02. The largest absolute Gasteiger partial charge is 0.394 e. The van der Waals surface area contributed by atoms with Crippen molar-refractivity contribution < 1.29 is 29.6 Å². The van der Waals surface area contributed by atoms with Crippen molar-refractivity contribution in [3.05, 3.63) is 65.7 Å². The summed E-state index contributed by atoms with van der Waals surface area (Å²) in [6.45, 7) is 1.11. The molecular weight excluding hydrogens is 514 g/mol. The Morgan fingerprint density at radius 1 is 1.03 bits per heavy atom. The van der Waals surface area contributed by atoms with E-state index in [2.05, 4.69) is 4.98 Å². The van der Waals surface area contributed by atoms with E-state index in [-0.39, 0.29) is 12.2 Å². The number of carbonyl (C=O) groups is 1. The molecule has 3 saturated heterocycles. The van der Waals surface area contributed by atoms with Gasteiger partial charge in [-0.15, -0.1) is 11.8 Å². The van der Waals surface area contributed by atoms with E-state index in [1.807, 2.05) is 4.98 Å². The van der Waals surface area contributed by atoms with E-state index in [0.717, 1.165) is 16.8 Å². The maximum absolute atomic E-state index is 12.9. The summed E-state index contributed by atoms with van der Waals surface area (Å²) in [6.07, 6.45) is -4.89. The number of aliphatic hydroxyl groups is 3. The maximum atomic E-state index is 12.9. The number of nitrogens with one attached hydrogen (secondary N) is 2. The van der Waals surface area contributed by atoms with E-state index in [1.165, 1.54) is 34.3 Å². The Kier molecular flexibility index (Phi) is 6.71. The van der Waals surface area contributed by atoms with Crippen molar-refractivity contribution in [2.24, 2.45) is 5.92 Å². The normalized spacial score (nSPS) is 33.9. The Labute approximate surface area is 211 Å². The van der Waals surface area contributed by atoms with Crippen LogP contribution >= 0.6 is 11.8 Å². The lowest BCUT2D eigenvalue weighted by molar-refractivity contribution is -0.155. The van der Waals surface area contributed by atoms with Gasteiger partial charge in [-0.2, -0.15) is 0 Å². The van der Waals surface area contributed by atoms with Crippen molar-refractivity contribution in [3.63, 3.8) is 0 Å². The summed E-state index contributed by atoms with van der Waals surface area (Å²) in [5, 5.41) is 30.8. The molecule has 2 aromatic heterocycles. The van der Waals surface area contributed by atoms with Crippen LogP contribution < -0.4 is 22.5 Å². The van der Waals surface area contributed by atoms with Crippen molar-refractivity contribution >= 4 is 17.7 Å². The van der Waals surface area contributed by atoms with Crippen LogP contribution in [0.25, 0.3) is 0 Å². The zero-order valence-corrected chi connectivity index (χ0v) is 20.2. The van der Waals surface area contributed by atoms with Crippen LogP contribution in [0.1, 0.15) is 24.4 Å². The molecule has 1 amide bonds. The van der Waals surface area contributed by atoms with Crippen LogP contribution in [0, 0.1) is 12.8 Å². The molecule has 3 fully saturated rings. The molecule has 0 unspecified atom stereocenters. The third kappa shape index (κ3) is 4.38. The molecule has 37 heavy (non-hydrogen) atoms. The molecule has 15 nitrogen and oxygen atoms in total. The third-order valence-corrected chi connectivity index (χ3v) is 8.17. The van der Waals surface area contributed by atoms with Crippen LogP contribution in [0.3, 0.4) is 0 Å². The van der Waals surface area contributed by atoms with Crippen LogP contribution in [0.15, 0.2) is 37.6 Å². The Morgan fingerprint density at radius 3 is 2.43 bits per heavy atom. The molecular formula is C21H25N5O10S. The molecule has 2 aromatic rings. The number of rotatable bonds is 5. The predicted octanol–water partition coefficient (Wildman–Crippen LogP) is -3.23. The van der Waals surface area contributed by atoms with Crippen molar-refractivity contribution in [2.45, 2.75) is 55.7 Å². The number of aryl methyl sites for hydroxylation is 1. The molecule has 0 radical (unpaired) electrons. The number of hydrogen-bond donors (Lipinski definition) is 5. The number of aromatic nitrogens is 4. The van der Waals surface area contributed by atoms with E-state index in [4.69, 9.17) is 9.47 Å². The highest BCUT2D eigenvalue weighted by atomic mass is 32.2. The summed E-state index contributed by atoms with van der Waals surface area (Å²) < 4.78 is 13.8. The molecule has 200 valence electrons. The summed E-state index contributed by atoms with van der Waals surface area (Å²) in [5.41, 5.74) is -2.44. The fourth-order valence-electron chi connectivity index (χ4n) is 5.00. The van der Waals surface area contributed by atoms with E-state index in [1.54, 1.807) is 0 Å². The monoisotopic (exact) mass is 539 g/mol. The van der Waals surface area contributed by atoms with Gasteiger partial charge in [0.25, 0.3) is 11.1 Å². The zero-order valence-electron chi connectivity index (χ0n) is 19.4. The number of thioether (sulfide) groups is 1. The number of amides is 1. The van der Waals surface area contributed by atoms with E-state index < -0.39 is 83.3 Å². The second kappa shape index (κ2) is 9.70. The Morgan fingerprint density at radius 2 is 1.73 bits per heavy atom. The zero-order chi connectivity index (χ0) is 26.6. The third-order valence-electron chi connectivity index (χ3n) is 6.84. The molecule has 5 heterocycles. The molecule has 3 aliphatic heterocycles. The molecule has 0 aromatic carbocycles. The minimum Gasteiger partial charge on any atom is -0.394 e. The van der Waals surface area contributed by atoms with E-state index in [9.17, 15) is 39.3 Å². The quantitative estimate of drug-likeness (QED) is 0.255. The summed E-state index contributed by atoms with van der Waals surface area (Å²) in [5.74, 6) is -0.903. The van der Waals surface area contributed by atoms with Gasteiger partial charge in [0.2, 0.25) is 5.91 Å². The molecule has 3 aliphatic rings. The SMILES string of the molecule is Cc1cn([C@H]2C[C@H]([C@H]3SCC(=O)N3[C@H]3O[C@@H](n4ccc(=O)[nH]c4=O)[C@H](O)[C@@H]3O)[C@@H](CO)O2)c(=O)[nH]c1=O. The average molecular weight is 540 g/mol. The molecule has 0 spiro atoms. The van der Waals surface area contributed by atoms with Gasteiger partial charge in [0, 0.05) is 36.4 Å². The van der Waals surface area contributed by atoms with Crippen LogP contribution in [0.2, 0.25) is 0 Å². The lowest BCUT2D eigenvalue weighted by atomic mass is 9.99. The minimum atomic E-state index is -1.60. The number of ether oxygens (including phenoxy) is 2. The fraction of sp³-hybridized carbons (Fsp3) is 0.571. The fourth-order valence-corrected chi connectivity index (χ4v) is 6.39. The van der Waals surface area contributed by atoms with Gasteiger partial charge in [0.1, 0.15) is 18.4 Å². The van der Waals surface area contributed by atoms with Crippen LogP contribution in [-0.4, -0.2) is 87.5 Å². The number of hydrogen-bond acceptors (Lipinski definition) is 11. The van der Waals surface area contributed by atoms with Crippen molar-refractivity contribution in [1.29, 1.82) is 0 Å². The first-order valence-corrected chi connectivity index (χ1v) is 12.5.